The van der Waals surface area contributed by atoms with Crippen molar-refractivity contribution in [2.45, 2.75) is 40.2 Å². The first-order chi connectivity index (χ1) is 17.0. The molecular formula is C28H36N6O. The molecule has 0 aliphatic carbocycles. The summed E-state index contributed by atoms with van der Waals surface area (Å²) in [6.07, 6.45) is 7.80. The largest absolute Gasteiger partial charge is 0.497 e. The second-order valence-electron chi connectivity index (χ2n) is 8.84. The molecule has 0 atom stereocenters. The van der Waals surface area contributed by atoms with Crippen molar-refractivity contribution in [2.75, 3.05) is 31.6 Å². The maximum atomic E-state index is 5.70. The lowest BCUT2D eigenvalue weighted by Crippen LogP contribution is -2.23. The van der Waals surface area contributed by atoms with Gasteiger partial charge in [0.2, 0.25) is 0 Å². The van der Waals surface area contributed by atoms with Crippen LogP contribution in [0.4, 0.5) is 11.4 Å². The van der Waals surface area contributed by atoms with Crippen LogP contribution in [0.15, 0.2) is 55.0 Å². The summed E-state index contributed by atoms with van der Waals surface area (Å²) in [5, 5.41) is 4.27. The van der Waals surface area contributed by atoms with Crippen molar-refractivity contribution < 1.29 is 4.74 Å². The van der Waals surface area contributed by atoms with Crippen LogP contribution in [-0.2, 0) is 13.6 Å². The Bertz CT molecular complexity index is 1260. The zero-order valence-electron chi connectivity index (χ0n) is 21.5. The number of hydrogen-bond donors (Lipinski definition) is 0. The number of aromatic nitrogens is 4. The summed E-state index contributed by atoms with van der Waals surface area (Å²) in [7, 11) is 3.65. The summed E-state index contributed by atoms with van der Waals surface area (Å²) in [6, 6.07) is 12.9. The number of fused-ring (bicyclic) bond motifs is 1. The minimum atomic E-state index is 0.825. The Morgan fingerprint density at radius 1 is 0.943 bits per heavy atom. The summed E-state index contributed by atoms with van der Waals surface area (Å²) in [5.41, 5.74) is 7.03. The molecule has 2 aromatic heterocycles. The van der Waals surface area contributed by atoms with Crippen molar-refractivity contribution in [3.05, 3.63) is 60.6 Å². The average Bonchev–Trinajstić information content (AvgIpc) is 3.33. The van der Waals surface area contributed by atoms with Crippen molar-refractivity contribution in [2.24, 2.45) is 7.05 Å². The molecule has 0 spiro atoms. The lowest BCUT2D eigenvalue weighted by atomic mass is 10.1. The predicted octanol–water partition coefficient (Wildman–Crippen LogP) is 5.82. The van der Waals surface area contributed by atoms with Gasteiger partial charge in [0.15, 0.2) is 0 Å². The van der Waals surface area contributed by atoms with Gasteiger partial charge in [0.05, 0.1) is 36.2 Å². The van der Waals surface area contributed by atoms with Crippen molar-refractivity contribution in [3.8, 4) is 17.0 Å². The molecule has 7 heteroatoms. The molecule has 0 radical (unpaired) electrons. The van der Waals surface area contributed by atoms with E-state index in [0.29, 0.717) is 0 Å². The summed E-state index contributed by atoms with van der Waals surface area (Å²) in [6.45, 7) is 10.5. The first-order valence-corrected chi connectivity index (χ1v) is 12.5. The fourth-order valence-electron chi connectivity index (χ4n) is 4.30. The van der Waals surface area contributed by atoms with Gasteiger partial charge >= 0.3 is 0 Å². The first kappa shape index (κ1) is 24.7. The van der Waals surface area contributed by atoms with Crippen molar-refractivity contribution in [3.63, 3.8) is 0 Å². The van der Waals surface area contributed by atoms with Gasteiger partial charge in [-0.2, -0.15) is 5.10 Å². The molecule has 0 aliphatic heterocycles. The Balaban J connectivity index is 1.75. The van der Waals surface area contributed by atoms with E-state index in [0.717, 1.165) is 78.4 Å². The number of unbranched alkanes of at least 4 members (excludes halogenated alkanes) is 1. The van der Waals surface area contributed by atoms with Gasteiger partial charge in [0.25, 0.3) is 0 Å². The van der Waals surface area contributed by atoms with E-state index in [-0.39, 0.29) is 0 Å². The molecule has 0 fully saturated rings. The third kappa shape index (κ3) is 5.80. The van der Waals surface area contributed by atoms with E-state index in [2.05, 4.69) is 77.1 Å². The summed E-state index contributed by atoms with van der Waals surface area (Å²) in [4.78, 5) is 14.4. The molecule has 0 N–H and O–H groups in total. The lowest BCUT2D eigenvalue weighted by molar-refractivity contribution is 0.295. The summed E-state index contributed by atoms with van der Waals surface area (Å²) >= 11 is 0. The van der Waals surface area contributed by atoms with E-state index >= 15 is 0 Å². The highest BCUT2D eigenvalue weighted by molar-refractivity contribution is 5.82. The normalized spacial score (nSPS) is 11.4. The Hall–Kier alpha value is -3.45. The van der Waals surface area contributed by atoms with Crippen molar-refractivity contribution in [1.29, 1.82) is 0 Å². The van der Waals surface area contributed by atoms with Crippen LogP contribution in [0.25, 0.3) is 22.3 Å². The van der Waals surface area contributed by atoms with E-state index in [1.165, 1.54) is 5.56 Å². The number of hydrogen-bond acceptors (Lipinski definition) is 6. The Labute approximate surface area is 208 Å². The molecule has 0 bridgehead atoms. The van der Waals surface area contributed by atoms with Gasteiger partial charge in [-0.25, -0.2) is 4.98 Å². The van der Waals surface area contributed by atoms with E-state index in [4.69, 9.17) is 9.72 Å². The molecule has 0 saturated heterocycles. The lowest BCUT2D eigenvalue weighted by Gasteiger charge is -2.27. The molecule has 4 rings (SSSR count). The van der Waals surface area contributed by atoms with Gasteiger partial charge < -0.3 is 9.64 Å². The van der Waals surface area contributed by atoms with Crippen LogP contribution in [0.2, 0.25) is 0 Å². The number of nitrogens with zero attached hydrogens (tertiary/aromatic N) is 6. The van der Waals surface area contributed by atoms with Crippen LogP contribution in [0.5, 0.6) is 5.75 Å². The molecule has 35 heavy (non-hydrogen) atoms. The molecule has 0 aliphatic rings. The highest BCUT2D eigenvalue weighted by atomic mass is 16.5. The standard InChI is InChI=1S/C28H36N6O/c1-6-9-12-34(24-13-21(14-25(15-24)35-5)19-33(7-2)8-3)23-10-11-26-27(16-23)31-28(18-29-26)22-17-30-32(4)20-22/h10-11,13-18,20H,6-9,12,19H2,1-5H3. The summed E-state index contributed by atoms with van der Waals surface area (Å²) in [5.74, 6) is 0.880. The molecule has 0 saturated carbocycles. The number of ether oxygens (including phenoxy) is 1. The number of aryl methyl sites for hydroxylation is 1. The van der Waals surface area contributed by atoms with Crippen LogP contribution in [0.3, 0.4) is 0 Å². The molecule has 2 aromatic carbocycles. The second kappa shape index (κ2) is 11.3. The molecule has 2 heterocycles. The van der Waals surface area contributed by atoms with Gasteiger partial charge in [0.1, 0.15) is 5.75 Å². The van der Waals surface area contributed by atoms with Gasteiger partial charge in [0, 0.05) is 49.3 Å². The zero-order valence-corrected chi connectivity index (χ0v) is 21.5. The molecule has 0 unspecified atom stereocenters. The van der Waals surface area contributed by atoms with Crippen LogP contribution in [-0.4, -0.2) is 51.4 Å². The number of rotatable bonds is 11. The van der Waals surface area contributed by atoms with Gasteiger partial charge in [-0.15, -0.1) is 0 Å². The smallest absolute Gasteiger partial charge is 0.121 e. The van der Waals surface area contributed by atoms with Gasteiger partial charge in [-0.1, -0.05) is 27.2 Å². The molecular weight excluding hydrogens is 436 g/mol. The predicted molar refractivity (Wildman–Crippen MR) is 143 cm³/mol. The van der Waals surface area contributed by atoms with Crippen LogP contribution >= 0.6 is 0 Å². The maximum Gasteiger partial charge on any atom is 0.121 e. The minimum absolute atomic E-state index is 0.825. The van der Waals surface area contributed by atoms with E-state index in [9.17, 15) is 0 Å². The Morgan fingerprint density at radius 3 is 2.46 bits per heavy atom. The fraction of sp³-hybridized carbons (Fsp3) is 0.393. The topological polar surface area (TPSA) is 59.3 Å². The highest BCUT2D eigenvalue weighted by Gasteiger charge is 2.15. The monoisotopic (exact) mass is 472 g/mol. The SMILES string of the molecule is CCCCN(c1cc(CN(CC)CC)cc(OC)c1)c1ccc2ncc(-c3cnn(C)c3)nc2c1. The first-order valence-electron chi connectivity index (χ1n) is 12.5. The molecule has 4 aromatic rings. The van der Waals surface area contributed by atoms with Crippen LogP contribution in [0, 0.1) is 0 Å². The zero-order chi connectivity index (χ0) is 24.8. The number of methoxy groups -OCH3 is 1. The molecule has 184 valence electrons. The Kier molecular flexibility index (Phi) is 7.98. The van der Waals surface area contributed by atoms with E-state index in [1.54, 1.807) is 11.8 Å². The van der Waals surface area contributed by atoms with Crippen LogP contribution in [0.1, 0.15) is 39.2 Å². The number of benzene rings is 2. The number of anilines is 2. The van der Waals surface area contributed by atoms with Gasteiger partial charge in [-0.3, -0.25) is 14.6 Å². The average molecular weight is 473 g/mol. The third-order valence-electron chi connectivity index (χ3n) is 6.37. The van der Waals surface area contributed by atoms with Crippen LogP contribution < -0.4 is 9.64 Å². The third-order valence-corrected chi connectivity index (χ3v) is 6.37. The Morgan fingerprint density at radius 2 is 1.77 bits per heavy atom. The second-order valence-corrected chi connectivity index (χ2v) is 8.84. The van der Waals surface area contributed by atoms with Crippen molar-refractivity contribution >= 4 is 22.4 Å². The molecule has 7 nitrogen and oxygen atoms in total. The highest BCUT2D eigenvalue weighted by Crippen LogP contribution is 2.32. The fourth-order valence-corrected chi connectivity index (χ4v) is 4.30. The maximum absolute atomic E-state index is 5.70. The summed E-state index contributed by atoms with van der Waals surface area (Å²) < 4.78 is 7.48. The quantitative estimate of drug-likeness (QED) is 0.274. The van der Waals surface area contributed by atoms with Crippen molar-refractivity contribution in [1.82, 2.24) is 24.6 Å². The molecule has 0 amide bonds. The van der Waals surface area contributed by atoms with E-state index < -0.39 is 0 Å². The minimum Gasteiger partial charge on any atom is -0.497 e. The van der Waals surface area contributed by atoms with E-state index in [1.807, 2.05) is 25.6 Å². The van der Waals surface area contributed by atoms with Gasteiger partial charge in [-0.05, 0) is 55.4 Å².